The maximum Gasteiger partial charge on any atom is 0.267 e. The van der Waals surface area contributed by atoms with Crippen LogP contribution >= 0.6 is 0 Å². The highest BCUT2D eigenvalue weighted by atomic mass is 19.1. The first-order valence-corrected chi connectivity index (χ1v) is 11.6. The van der Waals surface area contributed by atoms with E-state index in [-0.39, 0.29) is 6.04 Å². The molecular weight excluding hydrogens is 444 g/mol. The monoisotopic (exact) mass is 473 g/mol. The van der Waals surface area contributed by atoms with Crippen LogP contribution in [-0.2, 0) is 20.8 Å². The summed E-state index contributed by atoms with van der Waals surface area (Å²) in [5.41, 5.74) is 3.43. The van der Waals surface area contributed by atoms with Crippen LogP contribution in [0, 0.1) is 11.6 Å². The summed E-state index contributed by atoms with van der Waals surface area (Å²) in [7, 11) is 0. The summed E-state index contributed by atoms with van der Waals surface area (Å²) >= 11 is 0. The van der Waals surface area contributed by atoms with Crippen LogP contribution in [0.3, 0.4) is 0 Å². The molecule has 1 unspecified atom stereocenters. The van der Waals surface area contributed by atoms with Crippen LogP contribution in [0.5, 0.6) is 0 Å². The minimum absolute atomic E-state index is 0.207. The SMILES string of the molecule is O=C(/C=C/c1cnc(N[C@@H]2CCN(CCc3ccc(F)cc3F)C2)cn1)NOC1CCCCO1. The number of anilines is 1. The summed E-state index contributed by atoms with van der Waals surface area (Å²) < 4.78 is 32.2. The Bertz CT molecular complexity index is 983. The van der Waals surface area contributed by atoms with E-state index >= 15 is 0 Å². The molecule has 4 rings (SSSR count). The second kappa shape index (κ2) is 12.0. The number of amides is 1. The zero-order valence-corrected chi connectivity index (χ0v) is 18.9. The number of ether oxygens (including phenoxy) is 1. The molecular formula is C24H29F2N5O3. The van der Waals surface area contributed by atoms with Crippen LogP contribution in [0.4, 0.5) is 14.6 Å². The predicted molar refractivity (Wildman–Crippen MR) is 122 cm³/mol. The van der Waals surface area contributed by atoms with Crippen molar-refractivity contribution in [3.63, 3.8) is 0 Å². The molecule has 8 nitrogen and oxygen atoms in total. The summed E-state index contributed by atoms with van der Waals surface area (Å²) in [5, 5.41) is 3.36. The molecule has 3 heterocycles. The van der Waals surface area contributed by atoms with Gasteiger partial charge in [-0.05, 0) is 43.4 Å². The van der Waals surface area contributed by atoms with Gasteiger partial charge in [0.2, 0.25) is 0 Å². The average molecular weight is 474 g/mol. The highest BCUT2D eigenvalue weighted by Crippen LogP contribution is 2.17. The molecule has 2 aromatic rings. The summed E-state index contributed by atoms with van der Waals surface area (Å²) in [4.78, 5) is 28.0. The molecule has 2 N–H and O–H groups in total. The van der Waals surface area contributed by atoms with Gasteiger partial charge in [-0.15, -0.1) is 0 Å². The number of carbonyl (C=O) groups is 1. The second-order valence-corrected chi connectivity index (χ2v) is 8.46. The second-order valence-electron chi connectivity index (χ2n) is 8.46. The topological polar surface area (TPSA) is 88.6 Å². The minimum Gasteiger partial charge on any atom is -0.365 e. The van der Waals surface area contributed by atoms with E-state index in [0.717, 1.165) is 44.8 Å². The molecule has 2 atom stereocenters. The zero-order chi connectivity index (χ0) is 23.8. The smallest absolute Gasteiger partial charge is 0.267 e. The molecule has 10 heteroatoms. The minimum atomic E-state index is -0.559. The summed E-state index contributed by atoms with van der Waals surface area (Å²) in [6.45, 7) is 3.03. The van der Waals surface area contributed by atoms with Crippen molar-refractivity contribution in [3.05, 3.63) is 59.6 Å². The largest absolute Gasteiger partial charge is 0.365 e. The molecule has 1 aromatic heterocycles. The normalized spacial score (nSPS) is 21.1. The van der Waals surface area contributed by atoms with E-state index in [0.29, 0.717) is 36.6 Å². The fourth-order valence-electron chi connectivity index (χ4n) is 3.99. The van der Waals surface area contributed by atoms with Gasteiger partial charge in [-0.1, -0.05) is 6.07 Å². The maximum atomic E-state index is 13.8. The molecule has 0 aliphatic carbocycles. The standard InChI is InChI=1S/C24H29F2N5O3/c25-18-5-4-17(21(26)13-18)8-10-31-11-9-20(16-31)29-22-15-27-19(14-28-22)6-7-23(32)30-34-24-3-1-2-12-33-24/h4-7,13-15,20,24H,1-3,8-12,16H2,(H,28,29)(H,30,32)/b7-6+/t20-,24?/m1/s1. The highest BCUT2D eigenvalue weighted by molar-refractivity contribution is 5.90. The quantitative estimate of drug-likeness (QED) is 0.427. The van der Waals surface area contributed by atoms with E-state index in [4.69, 9.17) is 9.57 Å². The van der Waals surface area contributed by atoms with E-state index in [1.165, 1.54) is 18.2 Å². The number of nitrogens with zero attached hydrogens (tertiary/aromatic N) is 3. The van der Waals surface area contributed by atoms with E-state index in [1.807, 2.05) is 0 Å². The maximum absolute atomic E-state index is 13.8. The lowest BCUT2D eigenvalue weighted by Gasteiger charge is -2.21. The Labute approximate surface area is 197 Å². The first-order chi connectivity index (χ1) is 16.5. The van der Waals surface area contributed by atoms with Gasteiger partial charge in [0.15, 0.2) is 6.29 Å². The Balaban J connectivity index is 1.17. The summed E-state index contributed by atoms with van der Waals surface area (Å²) in [5.74, 6) is -0.807. The number of aromatic nitrogens is 2. The van der Waals surface area contributed by atoms with E-state index < -0.39 is 23.8 Å². The number of likely N-dealkylation sites (tertiary alicyclic amines) is 1. The molecule has 1 amide bonds. The number of hydrogen-bond acceptors (Lipinski definition) is 7. The fourth-order valence-corrected chi connectivity index (χ4v) is 3.99. The van der Waals surface area contributed by atoms with Crippen molar-refractivity contribution in [2.24, 2.45) is 0 Å². The van der Waals surface area contributed by atoms with Gasteiger partial charge in [-0.3, -0.25) is 9.78 Å². The molecule has 0 saturated carbocycles. The molecule has 2 saturated heterocycles. The van der Waals surface area contributed by atoms with E-state index in [1.54, 1.807) is 18.5 Å². The first kappa shape index (κ1) is 24.2. The van der Waals surface area contributed by atoms with E-state index in [9.17, 15) is 13.6 Å². The molecule has 0 spiro atoms. The lowest BCUT2D eigenvalue weighted by Crippen LogP contribution is -2.32. The number of nitrogens with one attached hydrogen (secondary N) is 2. The number of rotatable bonds is 9. The third-order valence-electron chi connectivity index (χ3n) is 5.84. The Morgan fingerprint density at radius 2 is 2.15 bits per heavy atom. The number of hydrogen-bond donors (Lipinski definition) is 2. The third kappa shape index (κ3) is 7.28. The molecule has 2 aliphatic rings. The van der Waals surface area contributed by atoms with Crippen molar-refractivity contribution in [2.75, 3.05) is 31.6 Å². The van der Waals surface area contributed by atoms with Gasteiger partial charge in [-0.25, -0.2) is 24.1 Å². The molecule has 2 fully saturated rings. The number of benzene rings is 1. The van der Waals surface area contributed by atoms with Crippen LogP contribution in [0.25, 0.3) is 6.08 Å². The molecule has 1 aromatic carbocycles. The first-order valence-electron chi connectivity index (χ1n) is 11.6. The van der Waals surface area contributed by atoms with Crippen molar-refractivity contribution in [1.82, 2.24) is 20.3 Å². The van der Waals surface area contributed by atoms with Crippen molar-refractivity contribution in [2.45, 2.75) is 44.4 Å². The van der Waals surface area contributed by atoms with Crippen LogP contribution in [0.2, 0.25) is 0 Å². The zero-order valence-electron chi connectivity index (χ0n) is 18.9. The molecule has 34 heavy (non-hydrogen) atoms. The number of hydroxylamine groups is 1. The molecule has 0 bridgehead atoms. The Morgan fingerprint density at radius 1 is 1.24 bits per heavy atom. The Hall–Kier alpha value is -2.95. The number of halogens is 2. The van der Waals surface area contributed by atoms with Gasteiger partial charge in [0.25, 0.3) is 5.91 Å². The molecule has 0 radical (unpaired) electrons. The Kier molecular flexibility index (Phi) is 8.51. The van der Waals surface area contributed by atoms with Gasteiger partial charge in [-0.2, -0.15) is 0 Å². The van der Waals surface area contributed by atoms with Crippen LogP contribution < -0.4 is 10.8 Å². The van der Waals surface area contributed by atoms with Gasteiger partial charge in [0.05, 0.1) is 18.1 Å². The van der Waals surface area contributed by atoms with Gasteiger partial charge in [0, 0.05) is 50.8 Å². The summed E-state index contributed by atoms with van der Waals surface area (Å²) in [6, 6.07) is 3.92. The molecule has 2 aliphatic heterocycles. The van der Waals surface area contributed by atoms with Crippen LogP contribution in [-0.4, -0.2) is 59.3 Å². The van der Waals surface area contributed by atoms with Gasteiger partial charge in [0.1, 0.15) is 17.5 Å². The van der Waals surface area contributed by atoms with Crippen LogP contribution in [0.15, 0.2) is 36.7 Å². The lowest BCUT2D eigenvalue weighted by molar-refractivity contribution is -0.198. The van der Waals surface area contributed by atoms with Crippen molar-refractivity contribution < 1.29 is 23.1 Å². The van der Waals surface area contributed by atoms with Gasteiger partial charge < -0.3 is 15.0 Å². The number of carbonyl (C=O) groups excluding carboxylic acids is 1. The fraction of sp³-hybridized carbons (Fsp3) is 0.458. The van der Waals surface area contributed by atoms with E-state index in [2.05, 4.69) is 25.7 Å². The Morgan fingerprint density at radius 3 is 2.91 bits per heavy atom. The average Bonchev–Trinajstić information content (AvgIpc) is 3.29. The molecule has 182 valence electrons. The third-order valence-corrected chi connectivity index (χ3v) is 5.84. The van der Waals surface area contributed by atoms with Crippen molar-refractivity contribution in [1.29, 1.82) is 0 Å². The predicted octanol–water partition coefficient (Wildman–Crippen LogP) is 3.07. The van der Waals surface area contributed by atoms with Crippen molar-refractivity contribution in [3.8, 4) is 0 Å². The van der Waals surface area contributed by atoms with Gasteiger partial charge >= 0.3 is 0 Å². The van der Waals surface area contributed by atoms with Crippen LogP contribution in [0.1, 0.15) is 36.9 Å². The highest BCUT2D eigenvalue weighted by Gasteiger charge is 2.22. The van der Waals surface area contributed by atoms with Crippen molar-refractivity contribution >= 4 is 17.8 Å². The lowest BCUT2D eigenvalue weighted by atomic mass is 10.1. The summed E-state index contributed by atoms with van der Waals surface area (Å²) in [6.07, 6.45) is 9.95.